The highest BCUT2D eigenvalue weighted by molar-refractivity contribution is 5.98. The lowest BCUT2D eigenvalue weighted by Crippen LogP contribution is -2.24. The van der Waals surface area contributed by atoms with Gasteiger partial charge in [0.15, 0.2) is 5.65 Å². The molecule has 1 amide bonds. The number of nitrogens with one attached hydrogen (secondary N) is 1. The van der Waals surface area contributed by atoms with Crippen molar-refractivity contribution in [3.63, 3.8) is 0 Å². The number of hydrogen-bond acceptors (Lipinski definition) is 4. The zero-order valence-corrected chi connectivity index (χ0v) is 16.2. The molecule has 0 spiro atoms. The molecular formula is C21H20F3N3O2. The van der Waals surface area contributed by atoms with E-state index in [4.69, 9.17) is 4.74 Å². The number of hydrogen-bond donors (Lipinski definition) is 1. The number of aromatic nitrogens is 2. The number of pyridine rings is 2. The van der Waals surface area contributed by atoms with Crippen LogP contribution in [0, 0.1) is 6.92 Å². The Labute approximate surface area is 165 Å². The Hall–Kier alpha value is -3.16. The van der Waals surface area contributed by atoms with E-state index in [-0.39, 0.29) is 18.4 Å². The summed E-state index contributed by atoms with van der Waals surface area (Å²) in [6.07, 6.45) is -3.34. The summed E-state index contributed by atoms with van der Waals surface area (Å²) in [5, 5.41) is 3.36. The minimum absolute atomic E-state index is 0.0611. The van der Waals surface area contributed by atoms with Gasteiger partial charge in [-0.05, 0) is 56.7 Å². The van der Waals surface area contributed by atoms with Crippen LogP contribution in [0.5, 0.6) is 5.75 Å². The minimum atomic E-state index is -4.56. The van der Waals surface area contributed by atoms with Crippen LogP contribution in [0.15, 0.2) is 42.6 Å². The van der Waals surface area contributed by atoms with Crippen molar-refractivity contribution in [3.8, 4) is 5.75 Å². The summed E-state index contributed by atoms with van der Waals surface area (Å²) in [6, 6.07) is 8.96. The quantitative estimate of drug-likeness (QED) is 0.672. The van der Waals surface area contributed by atoms with E-state index in [1.54, 1.807) is 45.2 Å². The minimum Gasteiger partial charge on any atom is -0.490 e. The lowest BCUT2D eigenvalue weighted by Gasteiger charge is -2.17. The third-order valence-corrected chi connectivity index (χ3v) is 4.19. The van der Waals surface area contributed by atoms with Crippen molar-refractivity contribution in [1.29, 1.82) is 0 Å². The molecule has 0 fully saturated rings. The van der Waals surface area contributed by atoms with Gasteiger partial charge in [0.2, 0.25) is 0 Å². The maximum absolute atomic E-state index is 13.4. The van der Waals surface area contributed by atoms with Gasteiger partial charge in [0.1, 0.15) is 5.75 Å². The van der Waals surface area contributed by atoms with E-state index < -0.39 is 17.6 Å². The van der Waals surface area contributed by atoms with Gasteiger partial charge in [-0.3, -0.25) is 4.79 Å². The first kappa shape index (κ1) is 20.6. The molecule has 1 N–H and O–H groups in total. The van der Waals surface area contributed by atoms with Crippen molar-refractivity contribution in [2.24, 2.45) is 0 Å². The van der Waals surface area contributed by atoms with Gasteiger partial charge in [0.25, 0.3) is 5.91 Å². The van der Waals surface area contributed by atoms with Gasteiger partial charge in [0, 0.05) is 18.1 Å². The van der Waals surface area contributed by atoms with Crippen molar-refractivity contribution in [2.75, 3.05) is 0 Å². The fourth-order valence-corrected chi connectivity index (χ4v) is 2.87. The second kappa shape index (κ2) is 8.06. The van der Waals surface area contributed by atoms with Crippen LogP contribution in [-0.2, 0) is 12.7 Å². The molecule has 5 nitrogen and oxygen atoms in total. The maximum Gasteiger partial charge on any atom is 0.419 e. The number of halogens is 3. The highest BCUT2D eigenvalue weighted by Crippen LogP contribution is 2.37. The number of carbonyl (C=O) groups is 1. The number of carbonyl (C=O) groups excluding carboxylic acids is 1. The number of amides is 1. The van der Waals surface area contributed by atoms with Crippen LogP contribution in [0.4, 0.5) is 13.2 Å². The summed E-state index contributed by atoms with van der Waals surface area (Å²) in [5.41, 5.74) is 0.811. The topological polar surface area (TPSA) is 64.1 Å². The Bertz CT molecular complexity index is 1050. The van der Waals surface area contributed by atoms with Gasteiger partial charge < -0.3 is 10.1 Å². The number of aryl methyl sites for hydroxylation is 1. The van der Waals surface area contributed by atoms with Crippen LogP contribution in [0.3, 0.4) is 0 Å². The molecule has 2 aromatic heterocycles. The molecule has 0 saturated heterocycles. The Kier molecular flexibility index (Phi) is 5.72. The van der Waals surface area contributed by atoms with E-state index in [1.807, 2.05) is 0 Å². The van der Waals surface area contributed by atoms with E-state index in [0.717, 1.165) is 6.07 Å². The SMILES string of the molecule is Cc1nc2ncccc2cc1C(=O)NCc1ccc(OC(C)C)c(C(F)(F)F)c1. The number of nitrogens with zero attached hydrogens (tertiary/aromatic N) is 2. The monoisotopic (exact) mass is 403 g/mol. The van der Waals surface area contributed by atoms with E-state index in [1.165, 1.54) is 12.1 Å². The van der Waals surface area contributed by atoms with Gasteiger partial charge in [-0.25, -0.2) is 9.97 Å². The molecule has 0 bridgehead atoms. The molecule has 3 rings (SSSR count). The second-order valence-corrected chi connectivity index (χ2v) is 6.85. The van der Waals surface area contributed by atoms with E-state index in [0.29, 0.717) is 27.9 Å². The van der Waals surface area contributed by atoms with Crippen molar-refractivity contribution in [2.45, 2.75) is 39.6 Å². The average Bonchev–Trinajstić information content (AvgIpc) is 2.65. The number of alkyl halides is 3. The van der Waals surface area contributed by atoms with Crippen LogP contribution >= 0.6 is 0 Å². The molecule has 0 saturated carbocycles. The van der Waals surface area contributed by atoms with E-state index >= 15 is 0 Å². The molecule has 0 aliphatic carbocycles. The fraction of sp³-hybridized carbons (Fsp3) is 0.286. The molecule has 2 heterocycles. The number of rotatable bonds is 5. The summed E-state index contributed by atoms with van der Waals surface area (Å²) in [6.45, 7) is 4.94. The Morgan fingerprint density at radius 1 is 1.21 bits per heavy atom. The summed E-state index contributed by atoms with van der Waals surface area (Å²) >= 11 is 0. The zero-order chi connectivity index (χ0) is 21.2. The van der Waals surface area contributed by atoms with Crippen molar-refractivity contribution in [1.82, 2.24) is 15.3 Å². The standard InChI is InChI=1S/C21H20F3N3O2/c1-12(2)29-18-7-6-14(9-17(18)21(22,23)24)11-26-20(28)16-10-15-5-4-8-25-19(15)27-13(16)3/h4-10,12H,11H2,1-3H3,(H,26,28). The summed E-state index contributed by atoms with van der Waals surface area (Å²) in [5.74, 6) is -0.651. The number of benzene rings is 1. The molecule has 0 aliphatic heterocycles. The average molecular weight is 403 g/mol. The molecule has 152 valence electrons. The van der Waals surface area contributed by atoms with Gasteiger partial charge in [-0.1, -0.05) is 6.07 Å². The maximum atomic E-state index is 13.4. The summed E-state index contributed by atoms with van der Waals surface area (Å²) in [4.78, 5) is 21.0. The number of ether oxygens (including phenoxy) is 1. The first-order valence-electron chi connectivity index (χ1n) is 9.02. The smallest absolute Gasteiger partial charge is 0.419 e. The summed E-state index contributed by atoms with van der Waals surface area (Å²) < 4.78 is 45.3. The lowest BCUT2D eigenvalue weighted by atomic mass is 10.1. The molecule has 0 aliphatic rings. The van der Waals surface area contributed by atoms with Crippen LogP contribution in [0.1, 0.15) is 41.0 Å². The molecule has 0 radical (unpaired) electrons. The van der Waals surface area contributed by atoms with Crippen molar-refractivity contribution in [3.05, 3.63) is 65.0 Å². The van der Waals surface area contributed by atoms with Gasteiger partial charge >= 0.3 is 6.18 Å². The van der Waals surface area contributed by atoms with Crippen molar-refractivity contribution < 1.29 is 22.7 Å². The third-order valence-electron chi connectivity index (χ3n) is 4.19. The lowest BCUT2D eigenvalue weighted by molar-refractivity contribution is -0.139. The van der Waals surface area contributed by atoms with E-state index in [2.05, 4.69) is 15.3 Å². The molecule has 8 heteroatoms. The van der Waals surface area contributed by atoms with E-state index in [9.17, 15) is 18.0 Å². The van der Waals surface area contributed by atoms with Crippen LogP contribution < -0.4 is 10.1 Å². The highest BCUT2D eigenvalue weighted by Gasteiger charge is 2.35. The molecule has 1 aromatic carbocycles. The largest absolute Gasteiger partial charge is 0.490 e. The summed E-state index contributed by atoms with van der Waals surface area (Å²) in [7, 11) is 0. The fourth-order valence-electron chi connectivity index (χ4n) is 2.87. The zero-order valence-electron chi connectivity index (χ0n) is 16.2. The Balaban J connectivity index is 1.80. The van der Waals surface area contributed by atoms with Crippen molar-refractivity contribution >= 4 is 16.9 Å². The van der Waals surface area contributed by atoms with Crippen LogP contribution in [-0.4, -0.2) is 22.0 Å². The molecular weight excluding hydrogens is 383 g/mol. The normalized spacial score (nSPS) is 11.7. The molecule has 29 heavy (non-hydrogen) atoms. The molecule has 3 aromatic rings. The van der Waals surface area contributed by atoms with Crippen LogP contribution in [0.2, 0.25) is 0 Å². The molecule has 0 atom stereocenters. The van der Waals surface area contributed by atoms with Gasteiger partial charge in [-0.2, -0.15) is 13.2 Å². The van der Waals surface area contributed by atoms with Crippen LogP contribution in [0.25, 0.3) is 11.0 Å². The third kappa shape index (κ3) is 4.82. The predicted molar refractivity (Wildman–Crippen MR) is 103 cm³/mol. The molecule has 0 unspecified atom stereocenters. The number of fused-ring (bicyclic) bond motifs is 1. The van der Waals surface area contributed by atoms with Gasteiger partial charge in [-0.15, -0.1) is 0 Å². The Morgan fingerprint density at radius 2 is 1.97 bits per heavy atom. The second-order valence-electron chi connectivity index (χ2n) is 6.85. The first-order valence-corrected chi connectivity index (χ1v) is 9.02. The predicted octanol–water partition coefficient (Wildman–Crippen LogP) is 4.67. The van der Waals surface area contributed by atoms with Gasteiger partial charge in [0.05, 0.1) is 22.9 Å². The Morgan fingerprint density at radius 3 is 2.66 bits per heavy atom. The highest BCUT2D eigenvalue weighted by atomic mass is 19.4. The first-order chi connectivity index (χ1) is 13.6.